The van der Waals surface area contributed by atoms with Gasteiger partial charge in [0.15, 0.2) is 17.7 Å². The molecule has 2 bridgehead atoms. The van der Waals surface area contributed by atoms with Gasteiger partial charge in [-0.05, 0) is 50.8 Å². The molecule has 0 spiro atoms. The van der Waals surface area contributed by atoms with Gasteiger partial charge in [0.05, 0.1) is 0 Å². The second-order valence-electron chi connectivity index (χ2n) is 8.40. The topological polar surface area (TPSA) is 86.7 Å². The van der Waals surface area contributed by atoms with Crippen LogP contribution in [-0.2, 0) is 28.7 Å². The van der Waals surface area contributed by atoms with Crippen molar-refractivity contribution in [2.45, 2.75) is 59.2 Å². The van der Waals surface area contributed by atoms with Crippen LogP contribution in [0.25, 0.3) is 0 Å². The van der Waals surface area contributed by atoms with Gasteiger partial charge in [-0.15, -0.1) is 0 Å². The van der Waals surface area contributed by atoms with E-state index in [0.717, 1.165) is 0 Å². The number of hydrogen-bond donors (Lipinski definition) is 0. The molecule has 1 saturated carbocycles. The van der Waals surface area contributed by atoms with Crippen LogP contribution >= 0.6 is 0 Å². The molecule has 0 saturated heterocycles. The molecule has 6 nitrogen and oxygen atoms in total. The van der Waals surface area contributed by atoms with Gasteiger partial charge in [0.25, 0.3) is 0 Å². The molecule has 5 atom stereocenters. The number of rotatable bonds is 2. The van der Waals surface area contributed by atoms with Crippen molar-refractivity contribution in [3.05, 3.63) is 35.5 Å². The highest BCUT2D eigenvalue weighted by molar-refractivity contribution is 6.06. The third-order valence-electron chi connectivity index (χ3n) is 6.14. The van der Waals surface area contributed by atoms with Crippen LogP contribution in [0.1, 0.15) is 47.0 Å². The van der Waals surface area contributed by atoms with Gasteiger partial charge in [-0.25, -0.2) is 4.79 Å². The molecule has 0 unspecified atom stereocenters. The summed E-state index contributed by atoms with van der Waals surface area (Å²) in [5.41, 5.74) is 1.03. The standard InChI is InChI=1S/C22H26O6/c1-11(2)15-7-6-14-9-18(28-21(14)26)22(5)10-16(22)17(24)8-12(3)19(25)20(15)27-13(4)23/h8-9,15-16,18,20H,1,6-7,10H2,2-5H3/b12-8-/t15-,16-,18+,20+,22+/m0/s1. The number of ketones is 2. The van der Waals surface area contributed by atoms with Crippen LogP contribution in [0.2, 0.25) is 0 Å². The van der Waals surface area contributed by atoms with E-state index < -0.39 is 35.3 Å². The van der Waals surface area contributed by atoms with Crippen molar-refractivity contribution in [2.75, 3.05) is 0 Å². The highest BCUT2D eigenvalue weighted by atomic mass is 16.6. The lowest BCUT2D eigenvalue weighted by Gasteiger charge is -2.26. The molecule has 28 heavy (non-hydrogen) atoms. The van der Waals surface area contributed by atoms with Gasteiger partial charge >= 0.3 is 11.9 Å². The van der Waals surface area contributed by atoms with Gasteiger partial charge in [0.2, 0.25) is 0 Å². The number of esters is 2. The second-order valence-corrected chi connectivity index (χ2v) is 8.40. The Balaban J connectivity index is 2.02. The largest absolute Gasteiger partial charge is 0.454 e. The predicted octanol–water partition coefficient (Wildman–Crippen LogP) is 2.87. The molecule has 0 aromatic heterocycles. The fourth-order valence-corrected chi connectivity index (χ4v) is 4.18. The number of Topliss-reactive ketones (excluding diaryl/α,β-unsaturated/α-hetero) is 1. The summed E-state index contributed by atoms with van der Waals surface area (Å²) in [7, 11) is 0. The summed E-state index contributed by atoms with van der Waals surface area (Å²) in [4.78, 5) is 49.7. The SMILES string of the molecule is C=C(C)[C@@H]1CCC2=C[C@@H](OC2=O)[C@]2(C)C[C@H]2C(=O)/C=C(/C)C(=O)[C@@H]1OC(C)=O. The maximum absolute atomic E-state index is 13.0. The quantitative estimate of drug-likeness (QED) is 0.536. The molecule has 0 N–H and O–H groups in total. The zero-order chi connectivity index (χ0) is 20.8. The number of carbonyl (C=O) groups is 4. The summed E-state index contributed by atoms with van der Waals surface area (Å²) in [5.74, 6) is -2.30. The van der Waals surface area contributed by atoms with Crippen molar-refractivity contribution < 1.29 is 28.7 Å². The number of hydrogen-bond acceptors (Lipinski definition) is 6. The van der Waals surface area contributed by atoms with Crippen molar-refractivity contribution in [3.8, 4) is 0 Å². The lowest BCUT2D eigenvalue weighted by Crippen LogP contribution is -2.35. The van der Waals surface area contributed by atoms with E-state index in [1.165, 1.54) is 13.0 Å². The third-order valence-corrected chi connectivity index (χ3v) is 6.14. The summed E-state index contributed by atoms with van der Waals surface area (Å²) in [6.45, 7) is 10.4. The van der Waals surface area contributed by atoms with Gasteiger partial charge in [0, 0.05) is 29.7 Å². The summed E-state index contributed by atoms with van der Waals surface area (Å²) >= 11 is 0. The van der Waals surface area contributed by atoms with E-state index >= 15 is 0 Å². The van der Waals surface area contributed by atoms with Gasteiger partial charge < -0.3 is 9.47 Å². The van der Waals surface area contributed by atoms with Gasteiger partial charge in [-0.2, -0.15) is 0 Å². The van der Waals surface area contributed by atoms with E-state index in [9.17, 15) is 19.2 Å². The Morgan fingerprint density at radius 1 is 1.29 bits per heavy atom. The Hall–Kier alpha value is -2.50. The van der Waals surface area contributed by atoms with Crippen LogP contribution in [0, 0.1) is 17.3 Å². The van der Waals surface area contributed by atoms with Crippen molar-refractivity contribution in [2.24, 2.45) is 17.3 Å². The normalized spacial score (nSPS) is 37.2. The minimum Gasteiger partial charge on any atom is -0.454 e. The molecule has 3 aliphatic rings. The zero-order valence-corrected chi connectivity index (χ0v) is 16.7. The van der Waals surface area contributed by atoms with E-state index in [2.05, 4.69) is 6.58 Å². The molecule has 1 heterocycles. The molecule has 0 amide bonds. The molecule has 1 fully saturated rings. The first kappa shape index (κ1) is 20.2. The maximum atomic E-state index is 13.0. The van der Waals surface area contributed by atoms with E-state index in [1.807, 2.05) is 13.0 Å². The minimum atomic E-state index is -1.07. The monoisotopic (exact) mass is 386 g/mol. The van der Waals surface area contributed by atoms with Gasteiger partial charge in [-0.3, -0.25) is 14.4 Å². The van der Waals surface area contributed by atoms with Crippen molar-refractivity contribution in [3.63, 3.8) is 0 Å². The van der Waals surface area contributed by atoms with E-state index in [-0.39, 0.29) is 23.2 Å². The number of ether oxygens (including phenoxy) is 2. The first-order valence-corrected chi connectivity index (χ1v) is 9.55. The molecule has 2 aliphatic carbocycles. The Kier molecular flexibility index (Phi) is 5.17. The first-order chi connectivity index (χ1) is 13.0. The van der Waals surface area contributed by atoms with Crippen LogP contribution in [0.3, 0.4) is 0 Å². The number of fused-ring (bicyclic) bond motifs is 3. The molecule has 1 aliphatic heterocycles. The van der Waals surface area contributed by atoms with E-state index in [1.54, 1.807) is 13.8 Å². The molecular weight excluding hydrogens is 360 g/mol. The zero-order valence-electron chi connectivity index (χ0n) is 16.7. The number of allylic oxidation sites excluding steroid dienone is 1. The van der Waals surface area contributed by atoms with Crippen LogP contribution in [0.15, 0.2) is 35.5 Å². The molecular formula is C22H26O6. The summed E-state index contributed by atoms with van der Waals surface area (Å²) in [5, 5.41) is 0. The lowest BCUT2D eigenvalue weighted by molar-refractivity contribution is -0.154. The minimum absolute atomic E-state index is 0.168. The van der Waals surface area contributed by atoms with Crippen LogP contribution < -0.4 is 0 Å². The smallest absolute Gasteiger partial charge is 0.334 e. The van der Waals surface area contributed by atoms with Crippen molar-refractivity contribution >= 4 is 23.5 Å². The predicted molar refractivity (Wildman–Crippen MR) is 101 cm³/mol. The average Bonchev–Trinajstić information content (AvgIpc) is 3.16. The molecule has 150 valence electrons. The molecule has 0 aromatic rings. The molecule has 0 radical (unpaired) electrons. The van der Waals surface area contributed by atoms with Crippen molar-refractivity contribution in [1.82, 2.24) is 0 Å². The Labute approximate surface area is 164 Å². The van der Waals surface area contributed by atoms with Gasteiger partial charge in [0.1, 0.15) is 6.10 Å². The van der Waals surface area contributed by atoms with Crippen LogP contribution in [-0.4, -0.2) is 35.7 Å². The third kappa shape index (κ3) is 3.60. The molecule has 3 rings (SSSR count). The van der Waals surface area contributed by atoms with E-state index in [4.69, 9.17) is 9.47 Å². The second kappa shape index (κ2) is 7.15. The highest BCUT2D eigenvalue weighted by Crippen LogP contribution is 2.58. The summed E-state index contributed by atoms with van der Waals surface area (Å²) < 4.78 is 10.9. The highest BCUT2D eigenvalue weighted by Gasteiger charge is 2.60. The summed E-state index contributed by atoms with van der Waals surface area (Å²) in [6.07, 6.45) is 3.04. The fraction of sp³-hybridized carbons (Fsp3) is 0.545. The Bertz CT molecular complexity index is 832. The fourth-order valence-electron chi connectivity index (χ4n) is 4.18. The van der Waals surface area contributed by atoms with Crippen LogP contribution in [0.4, 0.5) is 0 Å². The summed E-state index contributed by atoms with van der Waals surface area (Å²) in [6, 6.07) is 0. The maximum Gasteiger partial charge on any atom is 0.334 e. The lowest BCUT2D eigenvalue weighted by atomic mass is 9.85. The molecule has 0 aromatic carbocycles. The Morgan fingerprint density at radius 2 is 1.96 bits per heavy atom. The Morgan fingerprint density at radius 3 is 2.57 bits per heavy atom. The molecule has 6 heteroatoms. The first-order valence-electron chi connectivity index (χ1n) is 9.55. The average molecular weight is 386 g/mol. The van der Waals surface area contributed by atoms with Gasteiger partial charge in [-0.1, -0.05) is 19.1 Å². The number of carbonyl (C=O) groups excluding carboxylic acids is 4. The van der Waals surface area contributed by atoms with E-state index in [0.29, 0.717) is 30.4 Å². The van der Waals surface area contributed by atoms with Crippen LogP contribution in [0.5, 0.6) is 0 Å². The van der Waals surface area contributed by atoms with Crippen molar-refractivity contribution in [1.29, 1.82) is 0 Å².